The molecular formula is C21H20ClN3O5. The number of anilines is 1. The number of carbonyl (C=O) groups is 4. The molecule has 0 spiro atoms. The number of hydrogen-bond donors (Lipinski definition) is 2. The van der Waals surface area contributed by atoms with Crippen molar-refractivity contribution >= 4 is 41.0 Å². The summed E-state index contributed by atoms with van der Waals surface area (Å²) in [6.07, 6.45) is -0.0167. The van der Waals surface area contributed by atoms with Gasteiger partial charge in [0.15, 0.2) is 6.61 Å². The van der Waals surface area contributed by atoms with E-state index in [9.17, 15) is 19.2 Å². The lowest BCUT2D eigenvalue weighted by molar-refractivity contribution is -0.152. The Labute approximate surface area is 178 Å². The highest BCUT2D eigenvalue weighted by Crippen LogP contribution is 2.31. The van der Waals surface area contributed by atoms with Gasteiger partial charge in [0, 0.05) is 29.2 Å². The first-order chi connectivity index (χ1) is 14.4. The topological polar surface area (TPSA) is 105 Å². The fraction of sp³-hybridized carbons (Fsp3) is 0.238. The second-order valence-corrected chi connectivity index (χ2v) is 7.17. The Morgan fingerprint density at radius 2 is 1.83 bits per heavy atom. The molecule has 0 radical (unpaired) electrons. The van der Waals surface area contributed by atoms with Crippen molar-refractivity contribution in [1.29, 1.82) is 0 Å². The average Bonchev–Trinajstić information content (AvgIpc) is 3.14. The molecule has 0 saturated carbocycles. The van der Waals surface area contributed by atoms with Gasteiger partial charge in [0.05, 0.1) is 5.92 Å². The molecule has 0 aromatic heterocycles. The highest BCUT2D eigenvalue weighted by Gasteiger charge is 2.37. The number of benzene rings is 2. The lowest BCUT2D eigenvalue weighted by atomic mass is 10.1. The number of halogens is 1. The first-order valence-electron chi connectivity index (χ1n) is 9.23. The van der Waals surface area contributed by atoms with E-state index in [4.69, 9.17) is 16.3 Å². The predicted octanol–water partition coefficient (Wildman–Crippen LogP) is 2.01. The second-order valence-electron chi connectivity index (χ2n) is 6.77. The average molecular weight is 430 g/mol. The van der Waals surface area contributed by atoms with E-state index in [0.29, 0.717) is 16.3 Å². The van der Waals surface area contributed by atoms with Gasteiger partial charge in [0.2, 0.25) is 5.91 Å². The molecule has 1 aliphatic rings. The van der Waals surface area contributed by atoms with Gasteiger partial charge in [-0.3, -0.25) is 30.0 Å². The molecule has 1 fully saturated rings. The second kappa shape index (κ2) is 9.41. The van der Waals surface area contributed by atoms with Crippen LogP contribution in [0.1, 0.15) is 22.3 Å². The molecule has 0 aliphatic carbocycles. The number of hydrogen-bond acceptors (Lipinski definition) is 5. The summed E-state index contributed by atoms with van der Waals surface area (Å²) in [5.41, 5.74) is 6.17. The maximum absolute atomic E-state index is 12.4. The zero-order valence-corrected chi connectivity index (χ0v) is 16.9. The lowest BCUT2D eigenvalue weighted by Gasteiger charge is -2.19. The smallest absolute Gasteiger partial charge is 0.311 e. The number of hydrazine groups is 1. The molecule has 3 amide bonds. The van der Waals surface area contributed by atoms with Gasteiger partial charge in [-0.2, -0.15) is 0 Å². The molecule has 1 atom stereocenters. The van der Waals surface area contributed by atoms with E-state index in [1.807, 2.05) is 0 Å². The molecular weight excluding hydrogens is 410 g/mol. The Balaban J connectivity index is 1.48. The lowest BCUT2D eigenvalue weighted by Crippen LogP contribution is -2.43. The number of esters is 1. The Morgan fingerprint density at radius 1 is 1.10 bits per heavy atom. The standard InChI is InChI=1S/C21H20ClN3O5/c1-13-16(22)8-5-9-17(13)25-11-15(10-19(25)27)21(29)30-12-18(26)23-24-20(28)14-6-3-2-4-7-14/h2-9,15H,10-12H2,1H3,(H,23,26)(H,24,28)/t15-/m1/s1. The van der Waals surface area contributed by atoms with Gasteiger partial charge < -0.3 is 9.64 Å². The predicted molar refractivity (Wildman–Crippen MR) is 110 cm³/mol. The van der Waals surface area contributed by atoms with Crippen molar-refractivity contribution in [3.05, 3.63) is 64.7 Å². The van der Waals surface area contributed by atoms with Crippen LogP contribution in [0.4, 0.5) is 5.69 Å². The van der Waals surface area contributed by atoms with Crippen LogP contribution in [0, 0.1) is 12.8 Å². The molecule has 9 heteroatoms. The van der Waals surface area contributed by atoms with Crippen molar-refractivity contribution in [3.8, 4) is 0 Å². The fourth-order valence-corrected chi connectivity index (χ4v) is 3.24. The molecule has 2 aromatic carbocycles. The molecule has 0 bridgehead atoms. The van der Waals surface area contributed by atoms with Crippen molar-refractivity contribution in [2.24, 2.45) is 5.92 Å². The van der Waals surface area contributed by atoms with Gasteiger partial charge in [0.1, 0.15) is 0 Å². The summed E-state index contributed by atoms with van der Waals surface area (Å²) in [6, 6.07) is 13.5. The Bertz CT molecular complexity index is 980. The number of amides is 3. The van der Waals surface area contributed by atoms with Crippen LogP contribution in [0.25, 0.3) is 0 Å². The van der Waals surface area contributed by atoms with Gasteiger partial charge in [-0.15, -0.1) is 0 Å². The minimum Gasteiger partial charge on any atom is -0.455 e. The third kappa shape index (κ3) is 4.96. The van der Waals surface area contributed by atoms with Crippen LogP contribution in [0.5, 0.6) is 0 Å². The Kier molecular flexibility index (Phi) is 6.68. The van der Waals surface area contributed by atoms with Gasteiger partial charge in [-0.1, -0.05) is 35.9 Å². The van der Waals surface area contributed by atoms with E-state index >= 15 is 0 Å². The van der Waals surface area contributed by atoms with Crippen LogP contribution >= 0.6 is 11.6 Å². The first-order valence-corrected chi connectivity index (χ1v) is 9.61. The SMILES string of the molecule is Cc1c(Cl)cccc1N1C[C@H](C(=O)OCC(=O)NNC(=O)c2ccccc2)CC1=O. The van der Waals surface area contributed by atoms with E-state index < -0.39 is 30.3 Å². The van der Waals surface area contributed by atoms with Gasteiger partial charge >= 0.3 is 5.97 Å². The molecule has 1 aliphatic heterocycles. The van der Waals surface area contributed by atoms with E-state index in [2.05, 4.69) is 10.9 Å². The fourth-order valence-electron chi connectivity index (χ4n) is 3.07. The highest BCUT2D eigenvalue weighted by atomic mass is 35.5. The van der Waals surface area contributed by atoms with Crippen LogP contribution < -0.4 is 15.8 Å². The third-order valence-electron chi connectivity index (χ3n) is 4.69. The van der Waals surface area contributed by atoms with Crippen molar-refractivity contribution in [1.82, 2.24) is 10.9 Å². The summed E-state index contributed by atoms with van der Waals surface area (Å²) in [6.45, 7) is 1.37. The van der Waals surface area contributed by atoms with E-state index in [0.717, 1.165) is 5.56 Å². The summed E-state index contributed by atoms with van der Waals surface area (Å²) in [5, 5.41) is 0.528. The summed E-state index contributed by atoms with van der Waals surface area (Å²) in [4.78, 5) is 49.8. The maximum Gasteiger partial charge on any atom is 0.311 e. The third-order valence-corrected chi connectivity index (χ3v) is 5.09. The molecule has 30 heavy (non-hydrogen) atoms. The molecule has 2 aromatic rings. The van der Waals surface area contributed by atoms with Crippen LogP contribution in [0.3, 0.4) is 0 Å². The number of nitrogens with zero attached hydrogens (tertiary/aromatic N) is 1. The van der Waals surface area contributed by atoms with Crippen LogP contribution in [0.15, 0.2) is 48.5 Å². The zero-order valence-electron chi connectivity index (χ0n) is 16.2. The molecule has 156 valence electrons. The molecule has 3 rings (SSSR count). The largest absolute Gasteiger partial charge is 0.455 e. The molecule has 8 nitrogen and oxygen atoms in total. The van der Waals surface area contributed by atoms with E-state index in [1.54, 1.807) is 55.5 Å². The first kappa shape index (κ1) is 21.3. The van der Waals surface area contributed by atoms with Crippen LogP contribution in [0.2, 0.25) is 5.02 Å². The molecule has 2 N–H and O–H groups in total. The van der Waals surface area contributed by atoms with Gasteiger partial charge in [0.25, 0.3) is 11.8 Å². The van der Waals surface area contributed by atoms with E-state index in [1.165, 1.54) is 4.90 Å². The van der Waals surface area contributed by atoms with Crippen molar-refractivity contribution in [2.75, 3.05) is 18.1 Å². The Morgan fingerprint density at radius 3 is 2.57 bits per heavy atom. The number of nitrogens with one attached hydrogen (secondary N) is 2. The van der Waals surface area contributed by atoms with Gasteiger partial charge in [-0.25, -0.2) is 0 Å². The van der Waals surface area contributed by atoms with Crippen molar-refractivity contribution < 1.29 is 23.9 Å². The normalized spacial score (nSPS) is 15.6. The highest BCUT2D eigenvalue weighted by molar-refractivity contribution is 6.31. The summed E-state index contributed by atoms with van der Waals surface area (Å²) in [7, 11) is 0. The zero-order chi connectivity index (χ0) is 21.7. The quantitative estimate of drug-likeness (QED) is 0.558. The van der Waals surface area contributed by atoms with Crippen LogP contribution in [-0.4, -0.2) is 36.8 Å². The van der Waals surface area contributed by atoms with Crippen molar-refractivity contribution in [3.63, 3.8) is 0 Å². The Hall–Kier alpha value is -3.39. The number of carbonyl (C=O) groups excluding carboxylic acids is 4. The van der Waals surface area contributed by atoms with E-state index in [-0.39, 0.29) is 18.9 Å². The van der Waals surface area contributed by atoms with Crippen LogP contribution in [-0.2, 0) is 19.1 Å². The minimum absolute atomic E-state index is 0.0167. The number of ether oxygens (including phenoxy) is 1. The minimum atomic E-state index is -0.695. The molecule has 1 heterocycles. The number of rotatable bonds is 5. The molecule has 0 unspecified atom stereocenters. The molecule has 1 saturated heterocycles. The van der Waals surface area contributed by atoms with Gasteiger partial charge in [-0.05, 0) is 36.8 Å². The maximum atomic E-state index is 12.4. The summed E-state index contributed by atoms with van der Waals surface area (Å²) < 4.78 is 5.01. The monoisotopic (exact) mass is 429 g/mol. The van der Waals surface area contributed by atoms with Crippen molar-refractivity contribution in [2.45, 2.75) is 13.3 Å². The summed E-state index contributed by atoms with van der Waals surface area (Å²) >= 11 is 6.11. The summed E-state index contributed by atoms with van der Waals surface area (Å²) in [5.74, 6) is -2.76.